The molecule has 1 amide bonds. The first-order chi connectivity index (χ1) is 10.1. The van der Waals surface area contributed by atoms with Gasteiger partial charge in [0.15, 0.2) is 11.5 Å². The highest BCUT2D eigenvalue weighted by molar-refractivity contribution is 5.94. The van der Waals surface area contributed by atoms with Gasteiger partial charge in [-0.1, -0.05) is 30.3 Å². The molecule has 2 aromatic rings. The summed E-state index contributed by atoms with van der Waals surface area (Å²) >= 11 is 0. The Morgan fingerprint density at radius 1 is 1.29 bits per heavy atom. The van der Waals surface area contributed by atoms with E-state index in [4.69, 9.17) is 10.5 Å². The number of nitrogens with one attached hydrogen (secondary N) is 1. The molecule has 0 fully saturated rings. The molecule has 1 atom stereocenters. The number of amides is 1. The van der Waals surface area contributed by atoms with Crippen molar-refractivity contribution in [1.29, 1.82) is 0 Å². The van der Waals surface area contributed by atoms with Crippen LogP contribution in [-0.2, 0) is 0 Å². The number of hydrogen-bond donors (Lipinski definition) is 3. The predicted molar refractivity (Wildman–Crippen MR) is 80.4 cm³/mol. The van der Waals surface area contributed by atoms with E-state index in [9.17, 15) is 9.90 Å². The van der Waals surface area contributed by atoms with E-state index in [1.165, 1.54) is 13.2 Å². The van der Waals surface area contributed by atoms with Crippen molar-refractivity contribution in [3.8, 4) is 11.5 Å². The zero-order valence-corrected chi connectivity index (χ0v) is 11.7. The van der Waals surface area contributed by atoms with Crippen LogP contribution in [-0.4, -0.2) is 24.7 Å². The quantitative estimate of drug-likeness (QED) is 0.783. The molecule has 0 bridgehead atoms. The summed E-state index contributed by atoms with van der Waals surface area (Å²) in [4.78, 5) is 12.0. The molecule has 4 N–H and O–H groups in total. The molecular weight excluding hydrogens is 268 g/mol. The van der Waals surface area contributed by atoms with Crippen LogP contribution in [0.1, 0.15) is 22.0 Å². The SMILES string of the molecule is COc1ccc(C(=O)NCC(N)c2ccccc2)cc1O. The molecule has 0 saturated carbocycles. The van der Waals surface area contributed by atoms with Crippen molar-refractivity contribution >= 4 is 5.91 Å². The fourth-order valence-electron chi connectivity index (χ4n) is 1.95. The third-order valence-corrected chi connectivity index (χ3v) is 3.15. The van der Waals surface area contributed by atoms with E-state index in [0.29, 0.717) is 17.9 Å². The number of carbonyl (C=O) groups is 1. The van der Waals surface area contributed by atoms with E-state index in [1.807, 2.05) is 30.3 Å². The Balaban J connectivity index is 1.97. The summed E-state index contributed by atoms with van der Waals surface area (Å²) in [5.41, 5.74) is 7.32. The first kappa shape index (κ1) is 14.9. The Kier molecular flexibility index (Phi) is 4.79. The molecule has 110 valence electrons. The molecule has 2 rings (SSSR count). The number of rotatable bonds is 5. The fourth-order valence-corrected chi connectivity index (χ4v) is 1.95. The Morgan fingerprint density at radius 3 is 2.62 bits per heavy atom. The lowest BCUT2D eigenvalue weighted by Gasteiger charge is -2.13. The van der Waals surface area contributed by atoms with Crippen LogP contribution in [0, 0.1) is 0 Å². The molecule has 0 aliphatic rings. The van der Waals surface area contributed by atoms with Crippen LogP contribution in [0.3, 0.4) is 0 Å². The van der Waals surface area contributed by atoms with Crippen molar-refractivity contribution in [1.82, 2.24) is 5.32 Å². The molecule has 2 aromatic carbocycles. The van der Waals surface area contributed by atoms with Crippen molar-refractivity contribution < 1.29 is 14.6 Å². The van der Waals surface area contributed by atoms with E-state index >= 15 is 0 Å². The summed E-state index contributed by atoms with van der Waals surface area (Å²) < 4.78 is 4.93. The molecule has 21 heavy (non-hydrogen) atoms. The third-order valence-electron chi connectivity index (χ3n) is 3.15. The maximum atomic E-state index is 12.0. The maximum absolute atomic E-state index is 12.0. The number of nitrogens with two attached hydrogens (primary N) is 1. The van der Waals surface area contributed by atoms with Gasteiger partial charge in [-0.2, -0.15) is 0 Å². The smallest absolute Gasteiger partial charge is 0.251 e. The molecule has 0 aliphatic carbocycles. The molecule has 0 heterocycles. The van der Waals surface area contributed by atoms with Gasteiger partial charge in [-0.25, -0.2) is 0 Å². The second kappa shape index (κ2) is 6.76. The van der Waals surface area contributed by atoms with Gasteiger partial charge in [0.05, 0.1) is 7.11 Å². The summed E-state index contributed by atoms with van der Waals surface area (Å²) in [7, 11) is 1.45. The topological polar surface area (TPSA) is 84.6 Å². The zero-order chi connectivity index (χ0) is 15.2. The summed E-state index contributed by atoms with van der Waals surface area (Å²) in [5.74, 6) is -0.0376. The average Bonchev–Trinajstić information content (AvgIpc) is 2.53. The zero-order valence-electron chi connectivity index (χ0n) is 11.7. The Bertz CT molecular complexity index is 614. The third kappa shape index (κ3) is 3.73. The van der Waals surface area contributed by atoms with E-state index < -0.39 is 0 Å². The number of carbonyl (C=O) groups excluding carboxylic acids is 1. The van der Waals surface area contributed by atoms with Crippen LogP contribution in [0.5, 0.6) is 11.5 Å². The van der Waals surface area contributed by atoms with Crippen LogP contribution in [0.4, 0.5) is 0 Å². The first-order valence-electron chi connectivity index (χ1n) is 6.57. The number of aromatic hydroxyl groups is 1. The lowest BCUT2D eigenvalue weighted by Crippen LogP contribution is -2.31. The lowest BCUT2D eigenvalue weighted by molar-refractivity contribution is 0.0950. The fraction of sp³-hybridized carbons (Fsp3) is 0.188. The number of benzene rings is 2. The standard InChI is InChI=1S/C16H18N2O3/c1-21-15-8-7-12(9-14(15)19)16(20)18-10-13(17)11-5-3-2-4-6-11/h2-9,13,19H,10,17H2,1H3,(H,18,20). The summed E-state index contributed by atoms with van der Waals surface area (Å²) in [5, 5.41) is 12.4. The highest BCUT2D eigenvalue weighted by Gasteiger charge is 2.11. The minimum Gasteiger partial charge on any atom is -0.504 e. The van der Waals surface area contributed by atoms with Gasteiger partial charge in [0.2, 0.25) is 0 Å². The summed E-state index contributed by atoms with van der Waals surface area (Å²) in [6.45, 7) is 0.315. The number of phenolic OH excluding ortho intramolecular Hbond substituents is 1. The molecule has 0 saturated heterocycles. The monoisotopic (exact) mass is 286 g/mol. The molecular formula is C16H18N2O3. The van der Waals surface area contributed by atoms with Gasteiger partial charge >= 0.3 is 0 Å². The lowest BCUT2D eigenvalue weighted by atomic mass is 10.1. The molecule has 0 spiro atoms. The van der Waals surface area contributed by atoms with Crippen LogP contribution < -0.4 is 15.8 Å². The molecule has 0 radical (unpaired) electrons. The van der Waals surface area contributed by atoms with Gasteiger partial charge in [0.1, 0.15) is 0 Å². The van der Waals surface area contributed by atoms with Crippen molar-refractivity contribution in [3.05, 3.63) is 59.7 Å². The van der Waals surface area contributed by atoms with E-state index in [-0.39, 0.29) is 17.7 Å². The summed E-state index contributed by atoms with van der Waals surface area (Å²) in [6, 6.07) is 13.8. The van der Waals surface area contributed by atoms with Gasteiger partial charge in [0.25, 0.3) is 5.91 Å². The highest BCUT2D eigenvalue weighted by Crippen LogP contribution is 2.26. The molecule has 5 nitrogen and oxygen atoms in total. The minimum atomic E-state index is -0.292. The Labute approximate surface area is 123 Å². The minimum absolute atomic E-state index is 0.0718. The number of methoxy groups -OCH3 is 1. The number of ether oxygens (including phenoxy) is 1. The van der Waals surface area contributed by atoms with Gasteiger partial charge in [-0.3, -0.25) is 4.79 Å². The van der Waals surface area contributed by atoms with Crippen LogP contribution >= 0.6 is 0 Å². The second-order valence-electron chi connectivity index (χ2n) is 4.61. The van der Waals surface area contributed by atoms with Crippen molar-refractivity contribution in [2.45, 2.75) is 6.04 Å². The predicted octanol–water partition coefficient (Wildman–Crippen LogP) is 1.83. The maximum Gasteiger partial charge on any atom is 0.251 e. The largest absolute Gasteiger partial charge is 0.504 e. The number of hydrogen-bond acceptors (Lipinski definition) is 4. The van der Waals surface area contributed by atoms with Crippen LogP contribution in [0.2, 0.25) is 0 Å². The first-order valence-corrected chi connectivity index (χ1v) is 6.57. The van der Waals surface area contributed by atoms with Crippen LogP contribution in [0.25, 0.3) is 0 Å². The Morgan fingerprint density at radius 2 is 2.00 bits per heavy atom. The Hall–Kier alpha value is -2.53. The van der Waals surface area contributed by atoms with Crippen LogP contribution in [0.15, 0.2) is 48.5 Å². The normalized spacial score (nSPS) is 11.7. The van der Waals surface area contributed by atoms with E-state index in [1.54, 1.807) is 12.1 Å². The van der Waals surface area contributed by atoms with Gasteiger partial charge in [-0.05, 0) is 23.8 Å². The molecule has 0 aromatic heterocycles. The van der Waals surface area contributed by atoms with Crippen molar-refractivity contribution in [2.24, 2.45) is 5.73 Å². The summed E-state index contributed by atoms with van der Waals surface area (Å²) in [6.07, 6.45) is 0. The van der Waals surface area contributed by atoms with Gasteiger partial charge in [0, 0.05) is 18.2 Å². The molecule has 0 aliphatic heterocycles. The molecule has 1 unspecified atom stereocenters. The highest BCUT2D eigenvalue weighted by atomic mass is 16.5. The molecule has 5 heteroatoms. The average molecular weight is 286 g/mol. The van der Waals surface area contributed by atoms with Crippen molar-refractivity contribution in [2.75, 3.05) is 13.7 Å². The van der Waals surface area contributed by atoms with Gasteiger partial charge < -0.3 is 20.9 Å². The van der Waals surface area contributed by atoms with E-state index in [0.717, 1.165) is 5.56 Å². The van der Waals surface area contributed by atoms with Gasteiger partial charge in [-0.15, -0.1) is 0 Å². The number of phenols is 1. The van der Waals surface area contributed by atoms with E-state index in [2.05, 4.69) is 5.32 Å². The second-order valence-corrected chi connectivity index (χ2v) is 4.61. The van der Waals surface area contributed by atoms with Crippen molar-refractivity contribution in [3.63, 3.8) is 0 Å².